The lowest BCUT2D eigenvalue weighted by molar-refractivity contribution is 1.07. The van der Waals surface area contributed by atoms with E-state index in [9.17, 15) is 0 Å². The molecule has 0 saturated heterocycles. The van der Waals surface area contributed by atoms with Gasteiger partial charge in [-0.3, -0.25) is 0 Å². The molecule has 1 aromatic carbocycles. The molecule has 0 fully saturated rings. The standard InChI is InChI=1S/C16H17N3/c1-11-3-8-15-18-16(12(2)19(15)10-11)14-6-4-13(9-17)5-7-14/h3-8,10H,9,17H2,1-2H3. The van der Waals surface area contributed by atoms with Gasteiger partial charge in [0.25, 0.3) is 0 Å². The third kappa shape index (κ3) is 2.02. The lowest BCUT2D eigenvalue weighted by Crippen LogP contribution is -1.95. The Morgan fingerprint density at radius 1 is 1.05 bits per heavy atom. The first kappa shape index (κ1) is 11.9. The van der Waals surface area contributed by atoms with Crippen LogP contribution in [0.3, 0.4) is 0 Å². The third-order valence-electron chi connectivity index (χ3n) is 3.47. The Bertz CT molecular complexity index is 724. The molecule has 0 spiro atoms. The number of hydrogen-bond donors (Lipinski definition) is 1. The minimum Gasteiger partial charge on any atom is -0.326 e. The fraction of sp³-hybridized carbons (Fsp3) is 0.188. The molecule has 3 nitrogen and oxygen atoms in total. The van der Waals surface area contributed by atoms with Gasteiger partial charge in [0.05, 0.1) is 5.69 Å². The maximum atomic E-state index is 5.63. The predicted molar refractivity (Wildman–Crippen MR) is 78.0 cm³/mol. The molecule has 0 saturated carbocycles. The summed E-state index contributed by atoms with van der Waals surface area (Å²) in [6.07, 6.45) is 2.12. The van der Waals surface area contributed by atoms with Crippen LogP contribution in [0.15, 0.2) is 42.6 Å². The zero-order valence-electron chi connectivity index (χ0n) is 11.2. The van der Waals surface area contributed by atoms with Gasteiger partial charge in [-0.05, 0) is 31.0 Å². The summed E-state index contributed by atoms with van der Waals surface area (Å²) in [7, 11) is 0. The second-order valence-electron chi connectivity index (χ2n) is 4.88. The molecular formula is C16H17N3. The van der Waals surface area contributed by atoms with Crippen molar-refractivity contribution in [3.63, 3.8) is 0 Å². The van der Waals surface area contributed by atoms with Gasteiger partial charge in [-0.1, -0.05) is 30.3 Å². The SMILES string of the molecule is Cc1ccc2nc(-c3ccc(CN)cc3)c(C)n2c1. The number of nitrogens with zero attached hydrogens (tertiary/aromatic N) is 2. The Kier molecular flexibility index (Phi) is 2.84. The Hall–Kier alpha value is -2.13. The lowest BCUT2D eigenvalue weighted by Gasteiger charge is -2.01. The molecular weight excluding hydrogens is 234 g/mol. The molecule has 0 aliphatic heterocycles. The molecule has 2 heterocycles. The van der Waals surface area contributed by atoms with E-state index in [-0.39, 0.29) is 0 Å². The molecule has 2 aromatic heterocycles. The number of nitrogens with two attached hydrogens (primary N) is 1. The Morgan fingerprint density at radius 2 is 1.79 bits per heavy atom. The zero-order valence-corrected chi connectivity index (χ0v) is 11.2. The number of aromatic nitrogens is 2. The van der Waals surface area contributed by atoms with Crippen molar-refractivity contribution in [1.82, 2.24) is 9.38 Å². The third-order valence-corrected chi connectivity index (χ3v) is 3.47. The van der Waals surface area contributed by atoms with Crippen LogP contribution >= 0.6 is 0 Å². The Morgan fingerprint density at radius 3 is 2.47 bits per heavy atom. The highest BCUT2D eigenvalue weighted by atomic mass is 15.0. The van der Waals surface area contributed by atoms with Crippen molar-refractivity contribution in [2.45, 2.75) is 20.4 Å². The summed E-state index contributed by atoms with van der Waals surface area (Å²) in [6, 6.07) is 12.4. The number of benzene rings is 1. The molecule has 0 aliphatic rings. The van der Waals surface area contributed by atoms with E-state index >= 15 is 0 Å². The van der Waals surface area contributed by atoms with Crippen LogP contribution in [-0.4, -0.2) is 9.38 Å². The van der Waals surface area contributed by atoms with Crippen LogP contribution < -0.4 is 5.73 Å². The highest BCUT2D eigenvalue weighted by molar-refractivity contribution is 5.66. The highest BCUT2D eigenvalue weighted by Gasteiger charge is 2.10. The van der Waals surface area contributed by atoms with E-state index in [1.807, 2.05) is 0 Å². The first-order chi connectivity index (χ1) is 9.19. The second kappa shape index (κ2) is 4.52. The van der Waals surface area contributed by atoms with Crippen molar-refractivity contribution in [2.75, 3.05) is 0 Å². The largest absolute Gasteiger partial charge is 0.326 e. The fourth-order valence-electron chi connectivity index (χ4n) is 2.34. The molecule has 96 valence electrons. The molecule has 0 aliphatic carbocycles. The van der Waals surface area contributed by atoms with E-state index in [1.54, 1.807) is 0 Å². The second-order valence-corrected chi connectivity index (χ2v) is 4.88. The quantitative estimate of drug-likeness (QED) is 0.760. The summed E-state index contributed by atoms with van der Waals surface area (Å²) in [5.74, 6) is 0. The zero-order chi connectivity index (χ0) is 13.4. The first-order valence-corrected chi connectivity index (χ1v) is 6.44. The fourth-order valence-corrected chi connectivity index (χ4v) is 2.34. The monoisotopic (exact) mass is 251 g/mol. The van der Waals surface area contributed by atoms with E-state index in [1.165, 1.54) is 11.3 Å². The number of fused-ring (bicyclic) bond motifs is 1. The molecule has 3 heteroatoms. The number of hydrogen-bond acceptors (Lipinski definition) is 2. The maximum Gasteiger partial charge on any atom is 0.137 e. The van der Waals surface area contributed by atoms with Gasteiger partial charge in [0, 0.05) is 24.0 Å². The van der Waals surface area contributed by atoms with Crippen molar-refractivity contribution >= 4 is 5.65 Å². The van der Waals surface area contributed by atoms with Gasteiger partial charge in [-0.15, -0.1) is 0 Å². The minimum atomic E-state index is 0.573. The summed E-state index contributed by atoms with van der Waals surface area (Å²) in [5, 5.41) is 0. The van der Waals surface area contributed by atoms with Crippen molar-refractivity contribution in [3.8, 4) is 11.3 Å². The highest BCUT2D eigenvalue weighted by Crippen LogP contribution is 2.24. The Balaban J connectivity index is 2.16. The van der Waals surface area contributed by atoms with Crippen LogP contribution in [0, 0.1) is 13.8 Å². The van der Waals surface area contributed by atoms with E-state index < -0.39 is 0 Å². The van der Waals surface area contributed by atoms with Crippen molar-refractivity contribution < 1.29 is 0 Å². The van der Waals surface area contributed by atoms with Gasteiger partial charge >= 0.3 is 0 Å². The molecule has 19 heavy (non-hydrogen) atoms. The van der Waals surface area contributed by atoms with Crippen LogP contribution in [0.4, 0.5) is 0 Å². The van der Waals surface area contributed by atoms with Crippen molar-refractivity contribution in [2.24, 2.45) is 5.73 Å². The van der Waals surface area contributed by atoms with E-state index in [4.69, 9.17) is 10.7 Å². The minimum absolute atomic E-state index is 0.573. The first-order valence-electron chi connectivity index (χ1n) is 6.44. The predicted octanol–water partition coefficient (Wildman–Crippen LogP) is 3.08. The van der Waals surface area contributed by atoms with Crippen LogP contribution in [-0.2, 0) is 6.54 Å². The summed E-state index contributed by atoms with van der Waals surface area (Å²) >= 11 is 0. The van der Waals surface area contributed by atoms with Gasteiger partial charge in [0.15, 0.2) is 0 Å². The average Bonchev–Trinajstić information content (AvgIpc) is 2.76. The van der Waals surface area contributed by atoms with Crippen LogP contribution in [0.2, 0.25) is 0 Å². The van der Waals surface area contributed by atoms with E-state index in [2.05, 4.69) is 60.8 Å². The summed E-state index contributed by atoms with van der Waals surface area (Å²) in [4.78, 5) is 4.71. The normalized spacial score (nSPS) is 11.1. The van der Waals surface area contributed by atoms with Crippen molar-refractivity contribution in [1.29, 1.82) is 0 Å². The van der Waals surface area contributed by atoms with Crippen LogP contribution in [0.5, 0.6) is 0 Å². The van der Waals surface area contributed by atoms with Gasteiger partial charge in [-0.2, -0.15) is 0 Å². The topological polar surface area (TPSA) is 43.3 Å². The van der Waals surface area contributed by atoms with E-state index in [0.717, 1.165) is 22.5 Å². The van der Waals surface area contributed by atoms with Gasteiger partial charge in [0.1, 0.15) is 5.65 Å². The number of pyridine rings is 1. The molecule has 0 unspecified atom stereocenters. The summed E-state index contributed by atoms with van der Waals surface area (Å²) in [6.45, 7) is 4.77. The molecule has 3 aromatic rings. The average molecular weight is 251 g/mol. The molecule has 0 radical (unpaired) electrons. The smallest absolute Gasteiger partial charge is 0.137 e. The molecule has 3 rings (SSSR count). The molecule has 0 atom stereocenters. The van der Waals surface area contributed by atoms with Gasteiger partial charge in [0.2, 0.25) is 0 Å². The van der Waals surface area contributed by atoms with Crippen molar-refractivity contribution in [3.05, 3.63) is 59.4 Å². The Labute approximate surface area is 112 Å². The van der Waals surface area contributed by atoms with Gasteiger partial charge in [-0.25, -0.2) is 4.98 Å². The molecule has 0 amide bonds. The maximum absolute atomic E-state index is 5.63. The van der Waals surface area contributed by atoms with E-state index in [0.29, 0.717) is 6.54 Å². The number of rotatable bonds is 2. The molecule has 0 bridgehead atoms. The number of imidazole rings is 1. The van der Waals surface area contributed by atoms with Crippen LogP contribution in [0.1, 0.15) is 16.8 Å². The van der Waals surface area contributed by atoms with Gasteiger partial charge < -0.3 is 10.1 Å². The van der Waals surface area contributed by atoms with Crippen LogP contribution in [0.25, 0.3) is 16.9 Å². The molecule has 2 N–H and O–H groups in total. The summed E-state index contributed by atoms with van der Waals surface area (Å²) < 4.78 is 2.14. The lowest BCUT2D eigenvalue weighted by atomic mass is 10.1. The number of aryl methyl sites for hydroxylation is 2. The summed E-state index contributed by atoms with van der Waals surface area (Å²) in [5.41, 5.74) is 12.3.